The van der Waals surface area contributed by atoms with E-state index >= 15 is 0 Å². The molecule has 0 saturated carbocycles. The highest BCUT2D eigenvalue weighted by molar-refractivity contribution is 7.45. The molecule has 0 spiro atoms. The van der Waals surface area contributed by atoms with E-state index in [0.29, 0.717) is 17.4 Å². The van der Waals surface area contributed by atoms with E-state index < -0.39 is 26.6 Å². The monoisotopic (exact) mass is 919 g/mol. The van der Waals surface area contributed by atoms with Crippen LogP contribution >= 0.6 is 7.82 Å². The number of likely N-dealkylation sites (N-methyl/N-ethyl adjacent to an activating group) is 1. The van der Waals surface area contributed by atoms with Gasteiger partial charge in [0.15, 0.2) is 0 Å². The molecule has 0 bridgehead atoms. The Morgan fingerprint density at radius 2 is 0.954 bits per heavy atom. The smallest absolute Gasteiger partial charge is 0.268 e. The fourth-order valence-corrected chi connectivity index (χ4v) is 6.62. The third-order valence-electron chi connectivity index (χ3n) is 9.78. The number of nitrogens with zero attached hydrogens (tertiary/aromatic N) is 1. The number of hydrogen-bond acceptors (Lipinski definition) is 6. The summed E-state index contributed by atoms with van der Waals surface area (Å²) in [5.74, 6) is -0.260. The highest BCUT2D eigenvalue weighted by Crippen LogP contribution is 2.38. The fourth-order valence-electron chi connectivity index (χ4n) is 5.90. The number of hydrogen-bond donors (Lipinski definition) is 2. The van der Waals surface area contributed by atoms with Gasteiger partial charge >= 0.3 is 0 Å². The van der Waals surface area contributed by atoms with E-state index in [0.717, 1.165) is 96.3 Å². The lowest BCUT2D eigenvalue weighted by Gasteiger charge is -2.29. The molecule has 0 rings (SSSR count). The van der Waals surface area contributed by atoms with Crippen LogP contribution in [0.25, 0.3) is 0 Å². The third kappa shape index (κ3) is 48.1. The summed E-state index contributed by atoms with van der Waals surface area (Å²) < 4.78 is 23.1. The number of aliphatic hydroxyl groups is 1. The van der Waals surface area contributed by atoms with E-state index in [4.69, 9.17) is 9.05 Å². The average Bonchev–Trinajstić information content (AvgIpc) is 3.26. The molecule has 366 valence electrons. The standard InChI is InChI=1S/C56H91N2O6P/c1-6-8-10-12-14-16-18-19-20-21-22-23-24-25-26-27-28-29-30-31-32-33-34-35-36-37-38-39-40-42-44-46-48-50-56(60)57-54(53-64-65(61,62)63-52-51-58(3,4)5)55(59)49-47-45-43-41-17-15-13-11-9-7-2/h8,10,14,16-17,19-20,22-23,25-26,28-29,31-32,34-35,37-38,40-42,47,49,54-55,59H,6-7,9,11-13,15,18,21,24,27,30,33,36,39,43-46,48,50-53H2,1-5H3,(H-,57,60,61,62)/b10-8-,16-14-,20-19-,23-22-,26-25-,29-28-,32-31-,35-34-,38-37-,41-17+,42-40-,49-47+. The van der Waals surface area contributed by atoms with Gasteiger partial charge in [-0.3, -0.25) is 9.36 Å². The van der Waals surface area contributed by atoms with Crippen molar-refractivity contribution in [2.24, 2.45) is 0 Å². The summed E-state index contributed by atoms with van der Waals surface area (Å²) in [4.78, 5) is 25.3. The minimum atomic E-state index is -4.62. The van der Waals surface area contributed by atoms with Crippen molar-refractivity contribution in [1.82, 2.24) is 5.32 Å². The van der Waals surface area contributed by atoms with Crippen molar-refractivity contribution in [3.8, 4) is 0 Å². The van der Waals surface area contributed by atoms with Crippen molar-refractivity contribution >= 4 is 13.7 Å². The van der Waals surface area contributed by atoms with Crippen molar-refractivity contribution < 1.29 is 32.9 Å². The number of phosphoric acid groups is 1. The first kappa shape index (κ1) is 61.4. The predicted molar refractivity (Wildman–Crippen MR) is 278 cm³/mol. The molecule has 8 nitrogen and oxygen atoms in total. The number of unbranched alkanes of at least 4 members (excludes halogenated alkanes) is 7. The van der Waals surface area contributed by atoms with Gasteiger partial charge in [0, 0.05) is 6.42 Å². The molecule has 2 N–H and O–H groups in total. The fraction of sp³-hybridized carbons (Fsp3) is 0.554. The zero-order chi connectivity index (χ0) is 47.8. The van der Waals surface area contributed by atoms with Crippen LogP contribution in [0.3, 0.4) is 0 Å². The Morgan fingerprint density at radius 3 is 1.40 bits per heavy atom. The highest BCUT2D eigenvalue weighted by Gasteiger charge is 2.23. The minimum absolute atomic E-state index is 0.0241. The van der Waals surface area contributed by atoms with Gasteiger partial charge in [-0.15, -0.1) is 0 Å². The van der Waals surface area contributed by atoms with Crippen molar-refractivity contribution in [2.75, 3.05) is 40.9 Å². The normalized spacial score (nSPS) is 15.4. The number of phosphoric ester groups is 1. The summed E-state index contributed by atoms with van der Waals surface area (Å²) in [5.41, 5.74) is 0. The molecule has 65 heavy (non-hydrogen) atoms. The van der Waals surface area contributed by atoms with Crippen LogP contribution in [0.15, 0.2) is 146 Å². The number of allylic oxidation sites excluding steroid dienone is 23. The van der Waals surface area contributed by atoms with Crippen LogP contribution in [0.5, 0.6) is 0 Å². The van der Waals surface area contributed by atoms with Crippen LogP contribution in [0.1, 0.15) is 149 Å². The molecule has 0 aromatic rings. The Kier molecular flexibility index (Phi) is 43.0. The second-order valence-corrected chi connectivity index (χ2v) is 18.5. The van der Waals surface area contributed by atoms with Gasteiger partial charge in [-0.05, 0) is 109 Å². The average molecular weight is 919 g/mol. The zero-order valence-electron chi connectivity index (χ0n) is 41.4. The molecule has 0 aliphatic carbocycles. The van der Waals surface area contributed by atoms with Gasteiger partial charge in [0.05, 0.1) is 39.9 Å². The van der Waals surface area contributed by atoms with Crippen molar-refractivity contribution in [1.29, 1.82) is 0 Å². The van der Waals surface area contributed by atoms with E-state index in [9.17, 15) is 19.4 Å². The number of amides is 1. The van der Waals surface area contributed by atoms with Gasteiger partial charge in [0.2, 0.25) is 5.91 Å². The van der Waals surface area contributed by atoms with E-state index in [-0.39, 0.29) is 18.9 Å². The van der Waals surface area contributed by atoms with Gasteiger partial charge in [0.1, 0.15) is 13.2 Å². The maximum atomic E-state index is 12.8. The lowest BCUT2D eigenvalue weighted by molar-refractivity contribution is -0.870. The first-order valence-corrected chi connectivity index (χ1v) is 26.2. The van der Waals surface area contributed by atoms with E-state index in [1.54, 1.807) is 6.08 Å². The predicted octanol–water partition coefficient (Wildman–Crippen LogP) is 13.9. The van der Waals surface area contributed by atoms with Gasteiger partial charge in [-0.25, -0.2) is 0 Å². The number of aliphatic hydroxyl groups excluding tert-OH is 1. The van der Waals surface area contributed by atoms with Crippen molar-refractivity contribution in [2.45, 2.75) is 161 Å². The van der Waals surface area contributed by atoms with Crippen molar-refractivity contribution in [3.05, 3.63) is 146 Å². The highest BCUT2D eigenvalue weighted by atomic mass is 31.2. The summed E-state index contributed by atoms with van der Waals surface area (Å²) in [7, 11) is 1.18. The number of quaternary nitrogens is 1. The Hall–Kier alpha value is -3.62. The number of rotatable bonds is 42. The quantitative estimate of drug-likeness (QED) is 0.0273. The SMILES string of the molecule is CC/C=C\C/C=C\C/C=C\C/C=C\C/C=C\C/C=C\C/C=C\C/C=C\C/C=C\C/C=C\CCCCC(=O)NC(COP(=O)([O-])OCC[N+](C)(C)C)C(O)/C=C/CC/C=C/CCCCCC. The minimum Gasteiger partial charge on any atom is -0.756 e. The molecule has 0 saturated heterocycles. The summed E-state index contributed by atoms with van der Waals surface area (Å²) in [6, 6.07) is -0.936. The lowest BCUT2D eigenvalue weighted by atomic mass is 10.1. The molecular weight excluding hydrogens is 828 g/mol. The third-order valence-corrected chi connectivity index (χ3v) is 10.7. The molecule has 3 atom stereocenters. The first-order chi connectivity index (χ1) is 31.5. The summed E-state index contributed by atoms with van der Waals surface area (Å²) >= 11 is 0. The molecule has 9 heteroatoms. The number of nitrogens with one attached hydrogen (secondary N) is 1. The van der Waals surface area contributed by atoms with E-state index in [2.05, 4.69) is 153 Å². The molecule has 0 aromatic heterocycles. The van der Waals surface area contributed by atoms with Gasteiger partial charge in [0.25, 0.3) is 7.82 Å². The summed E-state index contributed by atoms with van der Waals surface area (Å²) in [6.07, 6.45) is 70.7. The van der Waals surface area contributed by atoms with Gasteiger partial charge in [-0.2, -0.15) is 0 Å². The molecule has 0 fully saturated rings. The molecule has 0 radical (unpaired) electrons. The van der Waals surface area contributed by atoms with Crippen LogP contribution < -0.4 is 10.2 Å². The number of carbonyl (C=O) groups is 1. The van der Waals surface area contributed by atoms with Gasteiger partial charge in [-0.1, -0.05) is 179 Å². The maximum Gasteiger partial charge on any atom is 0.268 e. The second-order valence-electron chi connectivity index (χ2n) is 17.1. The van der Waals surface area contributed by atoms with E-state index in [1.165, 1.54) is 25.7 Å². The Morgan fingerprint density at radius 1 is 0.554 bits per heavy atom. The summed E-state index contributed by atoms with van der Waals surface area (Å²) in [5, 5.41) is 13.7. The Balaban J connectivity index is 4.33. The van der Waals surface area contributed by atoms with Crippen LogP contribution in [-0.4, -0.2) is 68.5 Å². The second kappa shape index (κ2) is 45.5. The lowest BCUT2D eigenvalue weighted by Crippen LogP contribution is -2.45. The van der Waals surface area contributed by atoms with Crippen molar-refractivity contribution in [3.63, 3.8) is 0 Å². The molecule has 3 unspecified atom stereocenters. The molecule has 0 aliphatic rings. The molecule has 0 heterocycles. The largest absolute Gasteiger partial charge is 0.756 e. The Labute approximate surface area is 398 Å². The summed E-state index contributed by atoms with van der Waals surface area (Å²) in [6.45, 7) is 4.39. The van der Waals surface area contributed by atoms with Crippen LogP contribution in [-0.2, 0) is 18.4 Å². The van der Waals surface area contributed by atoms with Crippen LogP contribution in [0.4, 0.5) is 0 Å². The van der Waals surface area contributed by atoms with E-state index in [1.807, 2.05) is 27.2 Å². The molecule has 0 aliphatic heterocycles. The molecule has 0 aromatic carbocycles. The molecular formula is C56H91N2O6P. The van der Waals surface area contributed by atoms with Crippen LogP contribution in [0, 0.1) is 0 Å². The maximum absolute atomic E-state index is 12.8. The van der Waals surface area contributed by atoms with Gasteiger partial charge < -0.3 is 28.8 Å². The topological polar surface area (TPSA) is 108 Å². The van der Waals surface area contributed by atoms with Crippen LogP contribution in [0.2, 0.25) is 0 Å². The Bertz CT molecular complexity index is 1560. The molecule has 1 amide bonds. The zero-order valence-corrected chi connectivity index (χ0v) is 42.3. The number of carbonyl (C=O) groups excluding carboxylic acids is 1. The first-order valence-electron chi connectivity index (χ1n) is 24.7.